The van der Waals surface area contributed by atoms with E-state index in [9.17, 15) is 9.90 Å². The summed E-state index contributed by atoms with van der Waals surface area (Å²) in [5.41, 5.74) is 2.75. The molecule has 3 heteroatoms. The summed E-state index contributed by atoms with van der Waals surface area (Å²) in [5, 5.41) is 13.1. The zero-order chi connectivity index (χ0) is 12.6. The van der Waals surface area contributed by atoms with Gasteiger partial charge in [0.05, 0.1) is 6.10 Å². The van der Waals surface area contributed by atoms with Crippen LogP contribution in [0.5, 0.6) is 0 Å². The fraction of sp³-hybridized carbons (Fsp3) is 0.500. The van der Waals surface area contributed by atoms with Gasteiger partial charge in [-0.1, -0.05) is 32.9 Å². The van der Waals surface area contributed by atoms with Crippen LogP contribution in [0.2, 0.25) is 0 Å². The highest BCUT2D eigenvalue weighted by Gasteiger charge is 2.25. The van der Waals surface area contributed by atoms with Crippen LogP contribution in [0.25, 0.3) is 0 Å². The minimum atomic E-state index is -0.481. The van der Waals surface area contributed by atoms with Crippen LogP contribution in [0.15, 0.2) is 18.2 Å². The monoisotopic (exact) mass is 233 g/mol. The van der Waals surface area contributed by atoms with Gasteiger partial charge in [0.1, 0.15) is 0 Å². The molecule has 1 amide bonds. The topological polar surface area (TPSA) is 49.3 Å². The van der Waals surface area contributed by atoms with Crippen LogP contribution in [0.3, 0.4) is 0 Å². The van der Waals surface area contributed by atoms with Gasteiger partial charge in [-0.2, -0.15) is 0 Å². The third-order valence-corrected chi connectivity index (χ3v) is 3.16. The lowest BCUT2D eigenvalue weighted by molar-refractivity contribution is -0.116. The van der Waals surface area contributed by atoms with Crippen LogP contribution in [0.4, 0.5) is 5.69 Å². The third-order valence-electron chi connectivity index (χ3n) is 3.16. The first kappa shape index (κ1) is 12.1. The van der Waals surface area contributed by atoms with Crippen molar-refractivity contribution in [2.45, 2.75) is 39.7 Å². The third kappa shape index (κ3) is 2.50. The van der Waals surface area contributed by atoms with E-state index in [1.165, 1.54) is 0 Å². The second-order valence-corrected chi connectivity index (χ2v) is 5.73. The van der Waals surface area contributed by atoms with E-state index >= 15 is 0 Å². The van der Waals surface area contributed by atoms with Crippen molar-refractivity contribution in [3.63, 3.8) is 0 Å². The van der Waals surface area contributed by atoms with E-state index in [-0.39, 0.29) is 11.3 Å². The molecule has 0 bridgehead atoms. The van der Waals surface area contributed by atoms with Crippen molar-refractivity contribution >= 4 is 11.6 Å². The number of aliphatic hydroxyl groups excluding tert-OH is 1. The van der Waals surface area contributed by atoms with Crippen LogP contribution in [0.1, 0.15) is 44.4 Å². The number of aliphatic hydroxyl groups is 1. The number of aryl methyl sites for hydroxylation is 1. The fourth-order valence-electron chi connectivity index (χ4n) is 2.07. The van der Waals surface area contributed by atoms with E-state index in [2.05, 4.69) is 5.32 Å². The van der Waals surface area contributed by atoms with Crippen molar-refractivity contribution in [2.75, 3.05) is 5.32 Å². The Morgan fingerprint density at radius 2 is 2.00 bits per heavy atom. The molecule has 0 radical (unpaired) electrons. The molecule has 17 heavy (non-hydrogen) atoms. The van der Waals surface area contributed by atoms with Gasteiger partial charge in [-0.3, -0.25) is 4.79 Å². The first-order valence-electron chi connectivity index (χ1n) is 5.98. The van der Waals surface area contributed by atoms with Gasteiger partial charge in [-0.25, -0.2) is 0 Å². The number of rotatable bonds is 1. The standard InChI is InChI=1S/C14H19NO2/c1-14(2,3)13(17)10-4-6-11-9(8-10)5-7-12(16)15-11/h4,6,8,13,17H,5,7H2,1-3H3,(H,15,16). The molecular weight excluding hydrogens is 214 g/mol. The number of anilines is 1. The highest BCUT2D eigenvalue weighted by molar-refractivity contribution is 5.93. The molecule has 0 saturated carbocycles. The lowest BCUT2D eigenvalue weighted by atomic mass is 9.84. The number of amides is 1. The van der Waals surface area contributed by atoms with Gasteiger partial charge in [0.2, 0.25) is 5.91 Å². The summed E-state index contributed by atoms with van der Waals surface area (Å²) >= 11 is 0. The molecule has 2 N–H and O–H groups in total. The molecule has 0 aliphatic carbocycles. The molecule has 0 fully saturated rings. The quantitative estimate of drug-likeness (QED) is 0.783. The SMILES string of the molecule is CC(C)(C)C(O)c1ccc2c(c1)CCC(=O)N2. The highest BCUT2D eigenvalue weighted by Crippen LogP contribution is 2.34. The summed E-state index contributed by atoms with van der Waals surface area (Å²) in [6.45, 7) is 6.04. The average molecular weight is 233 g/mol. The molecule has 0 spiro atoms. The molecule has 1 aliphatic rings. The van der Waals surface area contributed by atoms with E-state index in [1.807, 2.05) is 39.0 Å². The number of fused-ring (bicyclic) bond motifs is 1. The van der Waals surface area contributed by atoms with Gasteiger partial charge in [0.25, 0.3) is 0 Å². The Morgan fingerprint density at radius 3 is 2.65 bits per heavy atom. The molecule has 92 valence electrons. The van der Waals surface area contributed by atoms with Gasteiger partial charge >= 0.3 is 0 Å². The molecule has 3 nitrogen and oxygen atoms in total. The maximum absolute atomic E-state index is 11.2. The van der Waals surface area contributed by atoms with Crippen LogP contribution in [-0.2, 0) is 11.2 Å². The Hall–Kier alpha value is -1.35. The van der Waals surface area contributed by atoms with E-state index in [1.54, 1.807) is 0 Å². The zero-order valence-electron chi connectivity index (χ0n) is 10.6. The van der Waals surface area contributed by atoms with Crippen molar-refractivity contribution in [1.82, 2.24) is 0 Å². The second kappa shape index (κ2) is 4.15. The molecule has 1 aromatic carbocycles. The maximum Gasteiger partial charge on any atom is 0.224 e. The molecule has 1 heterocycles. The van der Waals surface area contributed by atoms with Crippen LogP contribution in [0, 0.1) is 5.41 Å². The molecule has 1 aromatic rings. The first-order chi connectivity index (χ1) is 7.88. The molecule has 1 atom stereocenters. The van der Waals surface area contributed by atoms with Crippen molar-refractivity contribution in [3.05, 3.63) is 29.3 Å². The molecule has 0 aromatic heterocycles. The normalized spacial score (nSPS) is 17.3. The van der Waals surface area contributed by atoms with Gasteiger partial charge < -0.3 is 10.4 Å². The van der Waals surface area contributed by atoms with E-state index in [0.29, 0.717) is 6.42 Å². The predicted octanol–water partition coefficient (Wildman–Crippen LogP) is 2.65. The van der Waals surface area contributed by atoms with Gasteiger partial charge in [0, 0.05) is 12.1 Å². The maximum atomic E-state index is 11.2. The van der Waals surface area contributed by atoms with Gasteiger partial charge in [-0.05, 0) is 29.0 Å². The number of carbonyl (C=O) groups excluding carboxylic acids is 1. The smallest absolute Gasteiger partial charge is 0.224 e. The minimum Gasteiger partial charge on any atom is -0.388 e. The summed E-state index contributed by atoms with van der Waals surface area (Å²) in [7, 11) is 0. The Bertz CT molecular complexity index is 446. The van der Waals surface area contributed by atoms with E-state index in [4.69, 9.17) is 0 Å². The largest absolute Gasteiger partial charge is 0.388 e. The van der Waals surface area contributed by atoms with E-state index in [0.717, 1.165) is 23.2 Å². The highest BCUT2D eigenvalue weighted by atomic mass is 16.3. The lowest BCUT2D eigenvalue weighted by Gasteiger charge is -2.27. The summed E-state index contributed by atoms with van der Waals surface area (Å²) in [6, 6.07) is 5.78. The molecule has 1 unspecified atom stereocenters. The Balaban J connectivity index is 2.31. The summed E-state index contributed by atoms with van der Waals surface area (Å²) in [6.07, 6.45) is 0.805. The average Bonchev–Trinajstić information content (AvgIpc) is 2.26. The number of hydrogen-bond acceptors (Lipinski definition) is 2. The van der Waals surface area contributed by atoms with Crippen molar-refractivity contribution in [1.29, 1.82) is 0 Å². The first-order valence-corrected chi connectivity index (χ1v) is 5.98. The van der Waals surface area contributed by atoms with Gasteiger partial charge in [0.15, 0.2) is 0 Å². The van der Waals surface area contributed by atoms with E-state index < -0.39 is 6.10 Å². The summed E-state index contributed by atoms with van der Waals surface area (Å²) in [4.78, 5) is 11.2. The summed E-state index contributed by atoms with van der Waals surface area (Å²) in [5.74, 6) is 0.0709. The Labute approximate surface area is 102 Å². The van der Waals surface area contributed by atoms with Crippen molar-refractivity contribution in [3.8, 4) is 0 Å². The number of nitrogens with one attached hydrogen (secondary N) is 1. The zero-order valence-corrected chi connectivity index (χ0v) is 10.6. The Kier molecular flexibility index (Phi) is 2.96. The Morgan fingerprint density at radius 1 is 1.29 bits per heavy atom. The number of carbonyl (C=O) groups is 1. The number of hydrogen-bond donors (Lipinski definition) is 2. The second-order valence-electron chi connectivity index (χ2n) is 5.73. The van der Waals surface area contributed by atoms with Crippen LogP contribution < -0.4 is 5.32 Å². The minimum absolute atomic E-state index is 0.0709. The lowest BCUT2D eigenvalue weighted by Crippen LogP contribution is -2.21. The molecule has 2 rings (SSSR count). The van der Waals surface area contributed by atoms with Crippen LogP contribution in [-0.4, -0.2) is 11.0 Å². The van der Waals surface area contributed by atoms with Crippen molar-refractivity contribution in [2.24, 2.45) is 5.41 Å². The number of benzene rings is 1. The molecular formula is C14H19NO2. The van der Waals surface area contributed by atoms with Crippen LogP contribution >= 0.6 is 0 Å². The van der Waals surface area contributed by atoms with Gasteiger partial charge in [-0.15, -0.1) is 0 Å². The summed E-state index contributed by atoms with van der Waals surface area (Å²) < 4.78 is 0. The van der Waals surface area contributed by atoms with Crippen molar-refractivity contribution < 1.29 is 9.90 Å². The predicted molar refractivity (Wildman–Crippen MR) is 67.8 cm³/mol. The molecule has 1 aliphatic heterocycles. The fourth-order valence-corrected chi connectivity index (χ4v) is 2.07. The molecule has 0 saturated heterocycles.